The molecule has 0 unspecified atom stereocenters. The minimum absolute atomic E-state index is 0.00295. The van der Waals surface area contributed by atoms with Crippen LogP contribution in [0.25, 0.3) is 0 Å². The van der Waals surface area contributed by atoms with E-state index < -0.39 is 5.41 Å². The molecule has 0 saturated carbocycles. The van der Waals surface area contributed by atoms with Crippen LogP contribution in [0.4, 0.5) is 5.69 Å². The minimum atomic E-state index is -0.600. The second-order valence-electron chi connectivity index (χ2n) is 7.61. The van der Waals surface area contributed by atoms with E-state index in [1.807, 2.05) is 48.5 Å². The van der Waals surface area contributed by atoms with Crippen molar-refractivity contribution in [3.8, 4) is 11.5 Å². The van der Waals surface area contributed by atoms with Gasteiger partial charge < -0.3 is 19.5 Å². The third kappa shape index (κ3) is 4.65. The van der Waals surface area contributed by atoms with Crippen molar-refractivity contribution in [3.63, 3.8) is 0 Å². The van der Waals surface area contributed by atoms with Crippen molar-refractivity contribution in [1.29, 1.82) is 0 Å². The number of hydrogen-bond donors (Lipinski definition) is 1. The number of amides is 1. The normalized spacial score (nSPS) is 15.9. The Morgan fingerprint density at radius 2 is 1.64 bits per heavy atom. The first-order chi connectivity index (χ1) is 13.5. The molecule has 0 radical (unpaired) electrons. The highest BCUT2D eigenvalue weighted by Gasteiger charge is 2.41. The Kier molecular flexibility index (Phi) is 6.57. The van der Waals surface area contributed by atoms with Crippen LogP contribution >= 0.6 is 0 Å². The molecule has 1 aliphatic heterocycles. The Morgan fingerprint density at radius 3 is 2.21 bits per heavy atom. The van der Waals surface area contributed by atoms with Crippen LogP contribution in [0.15, 0.2) is 48.5 Å². The standard InChI is InChI=1S/C23H29NO4/c1-17(2)16-28-21-10-6-19(7-11-21)24-22(25)23(12-14-27-15-13-23)18-4-8-20(26-3)9-5-18/h4-11,17H,12-16H2,1-3H3,(H,24,25). The third-order valence-corrected chi connectivity index (χ3v) is 5.12. The highest BCUT2D eigenvalue weighted by atomic mass is 16.5. The maximum atomic E-state index is 13.3. The number of ether oxygens (including phenoxy) is 3. The molecule has 1 heterocycles. The van der Waals surface area contributed by atoms with Crippen LogP contribution in [0.5, 0.6) is 11.5 Å². The Bertz CT molecular complexity index is 762. The maximum Gasteiger partial charge on any atom is 0.235 e. The molecule has 1 N–H and O–H groups in total. The molecule has 0 bridgehead atoms. The molecule has 5 heteroatoms. The van der Waals surface area contributed by atoms with Gasteiger partial charge in [-0.05, 0) is 60.7 Å². The van der Waals surface area contributed by atoms with E-state index in [1.165, 1.54) is 0 Å². The monoisotopic (exact) mass is 383 g/mol. The summed E-state index contributed by atoms with van der Waals surface area (Å²) < 4.78 is 16.5. The number of benzene rings is 2. The predicted molar refractivity (Wildman–Crippen MR) is 110 cm³/mol. The number of carbonyl (C=O) groups is 1. The molecular weight excluding hydrogens is 354 g/mol. The number of methoxy groups -OCH3 is 1. The fraction of sp³-hybridized carbons (Fsp3) is 0.435. The zero-order valence-electron chi connectivity index (χ0n) is 16.9. The molecule has 150 valence electrons. The van der Waals surface area contributed by atoms with Crippen LogP contribution in [-0.2, 0) is 14.9 Å². The van der Waals surface area contributed by atoms with Gasteiger partial charge in [-0.25, -0.2) is 0 Å². The lowest BCUT2D eigenvalue weighted by molar-refractivity contribution is -0.125. The molecule has 1 amide bonds. The number of anilines is 1. The van der Waals surface area contributed by atoms with Crippen molar-refractivity contribution in [2.24, 2.45) is 5.92 Å². The smallest absolute Gasteiger partial charge is 0.235 e. The summed E-state index contributed by atoms with van der Waals surface area (Å²) in [6.07, 6.45) is 1.31. The minimum Gasteiger partial charge on any atom is -0.497 e. The van der Waals surface area contributed by atoms with E-state index in [0.717, 1.165) is 22.7 Å². The van der Waals surface area contributed by atoms with Gasteiger partial charge in [-0.15, -0.1) is 0 Å². The van der Waals surface area contributed by atoms with Crippen LogP contribution in [0, 0.1) is 5.92 Å². The summed E-state index contributed by atoms with van der Waals surface area (Å²) in [5, 5.41) is 3.09. The molecular formula is C23H29NO4. The summed E-state index contributed by atoms with van der Waals surface area (Å²) in [6.45, 7) is 6.04. The lowest BCUT2D eigenvalue weighted by atomic mass is 9.73. The topological polar surface area (TPSA) is 56.8 Å². The molecule has 3 rings (SSSR count). The van der Waals surface area contributed by atoms with Gasteiger partial charge in [0.1, 0.15) is 11.5 Å². The Labute approximate surface area is 167 Å². The van der Waals surface area contributed by atoms with Gasteiger partial charge in [0.15, 0.2) is 0 Å². The van der Waals surface area contributed by atoms with Crippen molar-refractivity contribution >= 4 is 11.6 Å². The lowest BCUT2D eigenvalue weighted by Gasteiger charge is -2.36. The molecule has 1 saturated heterocycles. The SMILES string of the molecule is COc1ccc(C2(C(=O)Nc3ccc(OCC(C)C)cc3)CCOCC2)cc1. The summed E-state index contributed by atoms with van der Waals surface area (Å²) in [5.74, 6) is 2.06. The van der Waals surface area contributed by atoms with E-state index in [-0.39, 0.29) is 5.91 Å². The highest BCUT2D eigenvalue weighted by Crippen LogP contribution is 2.37. The van der Waals surface area contributed by atoms with Gasteiger partial charge in [-0.1, -0.05) is 26.0 Å². The average molecular weight is 383 g/mol. The molecule has 28 heavy (non-hydrogen) atoms. The van der Waals surface area contributed by atoms with Gasteiger partial charge in [0, 0.05) is 18.9 Å². The molecule has 0 spiro atoms. The predicted octanol–water partition coefficient (Wildman–Crippen LogP) is 4.42. The number of hydrogen-bond acceptors (Lipinski definition) is 4. The molecule has 1 fully saturated rings. The summed E-state index contributed by atoms with van der Waals surface area (Å²) in [6, 6.07) is 15.3. The molecule has 0 atom stereocenters. The van der Waals surface area contributed by atoms with Crippen LogP contribution < -0.4 is 14.8 Å². The summed E-state index contributed by atoms with van der Waals surface area (Å²) in [5.41, 5.74) is 1.16. The van der Waals surface area contributed by atoms with Crippen molar-refractivity contribution in [2.75, 3.05) is 32.2 Å². The zero-order valence-corrected chi connectivity index (χ0v) is 16.9. The summed E-state index contributed by atoms with van der Waals surface area (Å²) in [4.78, 5) is 13.3. The van der Waals surface area contributed by atoms with Gasteiger partial charge >= 0.3 is 0 Å². The second kappa shape index (κ2) is 9.11. The number of rotatable bonds is 7. The number of nitrogens with one attached hydrogen (secondary N) is 1. The molecule has 0 aromatic heterocycles. The average Bonchev–Trinajstić information content (AvgIpc) is 2.73. The largest absolute Gasteiger partial charge is 0.497 e. The second-order valence-corrected chi connectivity index (χ2v) is 7.61. The van der Waals surface area contributed by atoms with Crippen LogP contribution in [-0.4, -0.2) is 32.8 Å². The van der Waals surface area contributed by atoms with Gasteiger partial charge in [0.2, 0.25) is 5.91 Å². The maximum absolute atomic E-state index is 13.3. The van der Waals surface area contributed by atoms with Crippen molar-refractivity contribution in [2.45, 2.75) is 32.1 Å². The van der Waals surface area contributed by atoms with Gasteiger partial charge in [-0.3, -0.25) is 4.79 Å². The van der Waals surface area contributed by atoms with Crippen molar-refractivity contribution in [3.05, 3.63) is 54.1 Å². The van der Waals surface area contributed by atoms with Crippen LogP contribution in [0.3, 0.4) is 0 Å². The first-order valence-electron chi connectivity index (χ1n) is 9.80. The van der Waals surface area contributed by atoms with E-state index in [0.29, 0.717) is 38.6 Å². The lowest BCUT2D eigenvalue weighted by Crippen LogP contribution is -2.44. The van der Waals surface area contributed by atoms with Gasteiger partial charge in [0.25, 0.3) is 0 Å². The van der Waals surface area contributed by atoms with E-state index in [4.69, 9.17) is 14.2 Å². The molecule has 0 aliphatic carbocycles. The van der Waals surface area contributed by atoms with Crippen LogP contribution in [0.1, 0.15) is 32.3 Å². The van der Waals surface area contributed by atoms with Crippen molar-refractivity contribution in [1.82, 2.24) is 0 Å². The van der Waals surface area contributed by atoms with Crippen LogP contribution in [0.2, 0.25) is 0 Å². The van der Waals surface area contributed by atoms with E-state index in [1.54, 1.807) is 7.11 Å². The highest BCUT2D eigenvalue weighted by molar-refractivity contribution is 5.99. The molecule has 1 aliphatic rings. The van der Waals surface area contributed by atoms with E-state index >= 15 is 0 Å². The Hall–Kier alpha value is -2.53. The summed E-state index contributed by atoms with van der Waals surface area (Å²) in [7, 11) is 1.64. The number of carbonyl (C=O) groups excluding carboxylic acids is 1. The van der Waals surface area contributed by atoms with Gasteiger partial charge in [-0.2, -0.15) is 0 Å². The van der Waals surface area contributed by atoms with E-state index in [9.17, 15) is 4.79 Å². The zero-order chi connectivity index (χ0) is 20.0. The molecule has 2 aromatic rings. The van der Waals surface area contributed by atoms with E-state index in [2.05, 4.69) is 19.2 Å². The first-order valence-corrected chi connectivity index (χ1v) is 9.80. The Morgan fingerprint density at radius 1 is 1.04 bits per heavy atom. The third-order valence-electron chi connectivity index (χ3n) is 5.12. The summed E-state index contributed by atoms with van der Waals surface area (Å²) >= 11 is 0. The Balaban J connectivity index is 1.76. The quantitative estimate of drug-likeness (QED) is 0.769. The molecule has 2 aromatic carbocycles. The van der Waals surface area contributed by atoms with Gasteiger partial charge in [0.05, 0.1) is 19.1 Å². The van der Waals surface area contributed by atoms with Crippen molar-refractivity contribution < 1.29 is 19.0 Å². The fourth-order valence-corrected chi connectivity index (χ4v) is 3.42. The fourth-order valence-electron chi connectivity index (χ4n) is 3.42. The first kappa shape index (κ1) is 20.2. The molecule has 5 nitrogen and oxygen atoms in total.